The number of carbonyl (C=O) groups excluding carboxylic acids is 15. The van der Waals surface area contributed by atoms with Gasteiger partial charge in [-0.25, -0.2) is 9.18 Å². The van der Waals surface area contributed by atoms with E-state index in [0.717, 1.165) is 52.8 Å². The first-order chi connectivity index (χ1) is 64.4. The number of nitrogens with zero attached hydrogens (tertiary/aromatic N) is 6. The minimum atomic E-state index is -2.11. The van der Waals surface area contributed by atoms with Gasteiger partial charge in [0.15, 0.2) is 0 Å². The van der Waals surface area contributed by atoms with E-state index in [9.17, 15) is 58.7 Å². The second-order valence-corrected chi connectivity index (χ2v) is 33.9. The number of halogens is 1. The lowest BCUT2D eigenvalue weighted by atomic mass is 9.99. The highest BCUT2D eigenvalue weighted by Crippen LogP contribution is 2.27. The van der Waals surface area contributed by atoms with Crippen LogP contribution in [-0.2, 0) is 104 Å². The summed E-state index contributed by atoms with van der Waals surface area (Å²) in [6.07, 6.45) is -1.86. The molecular weight excluding hydrogens is 1750 g/mol. The Bertz CT molecular complexity index is 5310. The molecule has 0 bridgehead atoms. The molecule has 41 nitrogen and oxygen atoms in total. The second kappa shape index (κ2) is 50.6. The number of aryl methyl sites for hydroxylation is 1. The van der Waals surface area contributed by atoms with E-state index in [1.807, 2.05) is 0 Å². The number of amides is 16. The normalized spacial score (nSPS) is 20.7. The molecule has 728 valence electrons. The van der Waals surface area contributed by atoms with Gasteiger partial charge in [-0.3, -0.25) is 76.8 Å². The Morgan fingerprint density at radius 1 is 0.607 bits per heavy atom. The van der Waals surface area contributed by atoms with Crippen LogP contribution in [0.5, 0.6) is 11.5 Å². The number of fused-ring (bicyclic) bond motifs is 2. The van der Waals surface area contributed by atoms with Crippen molar-refractivity contribution in [2.45, 2.75) is 183 Å². The number of aromatic amines is 2. The fraction of sp³-hybridized carbons (Fsp3) is 0.462. The van der Waals surface area contributed by atoms with Crippen molar-refractivity contribution in [3.8, 4) is 11.5 Å². The molecule has 42 heteroatoms. The number of unbranched alkanes of at least 4 members (excludes halogenated alkanes) is 2. The third kappa shape index (κ3) is 30.4. The zero-order valence-corrected chi connectivity index (χ0v) is 76.3. The molecule has 7 aromatic rings. The summed E-state index contributed by atoms with van der Waals surface area (Å²) in [5.41, 5.74) is 14.7. The van der Waals surface area contributed by atoms with Crippen LogP contribution in [0.3, 0.4) is 0 Å². The van der Waals surface area contributed by atoms with Gasteiger partial charge in [-0.05, 0) is 141 Å². The molecule has 21 N–H and O–H groups in total. The van der Waals surface area contributed by atoms with Crippen LogP contribution >= 0.6 is 0 Å². The summed E-state index contributed by atoms with van der Waals surface area (Å²) in [6, 6.07) is 10.4. The average molecular weight is 1880 g/mol. The number of phenolic OH excluding ortho intramolecular Hbond substituents is 2. The van der Waals surface area contributed by atoms with Crippen molar-refractivity contribution in [3.05, 3.63) is 167 Å². The van der Waals surface area contributed by atoms with Gasteiger partial charge in [0.1, 0.15) is 83.8 Å². The van der Waals surface area contributed by atoms with Crippen LogP contribution in [0.25, 0.3) is 21.8 Å². The lowest BCUT2D eigenvalue weighted by Gasteiger charge is -2.37. The summed E-state index contributed by atoms with van der Waals surface area (Å²) in [4.78, 5) is 247. The summed E-state index contributed by atoms with van der Waals surface area (Å²) >= 11 is 0. The van der Waals surface area contributed by atoms with Crippen molar-refractivity contribution in [2.75, 3.05) is 93.7 Å². The minimum Gasteiger partial charge on any atom is -0.508 e. The molecular formula is C93H123FN20O21. The average Bonchev–Trinajstić information content (AvgIpc) is 1.80. The van der Waals surface area contributed by atoms with Crippen molar-refractivity contribution in [3.63, 3.8) is 0 Å². The molecule has 4 heterocycles. The molecule has 0 spiro atoms. The molecule has 5 aromatic carbocycles. The number of aliphatic hydroxyl groups is 2. The molecule has 2 aliphatic rings. The SMILES string of the molecule is CC(=O)NCCCC[C@H]1C(=O)N[C@@H](Cc2c[nH]c3ccc(O)cc23)C(=O)N[C@@H](Cc2c[nH]c3ccccc23)C(=O)N[C@@H]([C@H](C)O)C(=O)N(C)[C@H](C(=O)N(C)[C@@H](Cc2ccc(F)cc2)C(=O)N[C@@H](CCCCNC(=O)N2CCN(CC(=O)O)CC2)C(N)=O)CNC(=O)CC[C@H](NC(=O)CCN)C(=O)N[C@@H](Cc2ccc(O)cc2)C(=O)N[C@@H](CO)C(=O)N(C)[C@@H](CCc2ccccc2)C(=O)N1C. The Hall–Kier alpha value is -14.1. The third-order valence-corrected chi connectivity index (χ3v) is 24.0. The van der Waals surface area contributed by atoms with Crippen LogP contribution < -0.4 is 64.6 Å². The highest BCUT2D eigenvalue weighted by atomic mass is 19.1. The van der Waals surface area contributed by atoms with Crippen LogP contribution in [0, 0.1) is 5.82 Å². The fourth-order valence-electron chi connectivity index (χ4n) is 16.2. The molecule has 2 aliphatic heterocycles. The van der Waals surface area contributed by atoms with E-state index in [4.69, 9.17) is 11.5 Å². The number of primary amides is 1. The first kappa shape index (κ1) is 105. The number of para-hydroxylation sites is 1. The number of likely N-dealkylation sites (N-methyl/N-ethyl adjacent to an activating group) is 4. The molecule has 0 radical (unpaired) electrons. The molecule has 9 rings (SSSR count). The van der Waals surface area contributed by atoms with E-state index in [2.05, 4.69) is 63.1 Å². The number of aliphatic hydroxyl groups excluding tert-OH is 2. The monoisotopic (exact) mass is 1870 g/mol. The number of benzene rings is 5. The number of aromatic hydroxyl groups is 2. The van der Waals surface area contributed by atoms with Gasteiger partial charge in [-0.2, -0.15) is 0 Å². The Kier molecular flexibility index (Phi) is 39.2. The minimum absolute atomic E-state index is 0.0979. The number of hydrogen-bond donors (Lipinski definition) is 19. The van der Waals surface area contributed by atoms with Gasteiger partial charge in [0.05, 0.1) is 19.3 Å². The number of urea groups is 1. The number of carboxylic acids is 1. The number of piperazine rings is 1. The third-order valence-electron chi connectivity index (χ3n) is 24.0. The smallest absolute Gasteiger partial charge is 0.317 e. The van der Waals surface area contributed by atoms with Crippen molar-refractivity contribution in [1.29, 1.82) is 0 Å². The number of rotatable bonds is 33. The Balaban J connectivity index is 1.14. The van der Waals surface area contributed by atoms with Gasteiger partial charge in [-0.1, -0.05) is 72.8 Å². The summed E-state index contributed by atoms with van der Waals surface area (Å²) in [6.45, 7) is 1.31. The van der Waals surface area contributed by atoms with Gasteiger partial charge in [0.25, 0.3) is 0 Å². The van der Waals surface area contributed by atoms with Crippen LogP contribution in [0.1, 0.15) is 106 Å². The maximum Gasteiger partial charge on any atom is 0.317 e. The second-order valence-electron chi connectivity index (χ2n) is 33.9. The van der Waals surface area contributed by atoms with Crippen LogP contribution in [0.15, 0.2) is 134 Å². The Morgan fingerprint density at radius 2 is 1.19 bits per heavy atom. The molecule has 16 amide bonds. The van der Waals surface area contributed by atoms with Gasteiger partial charge < -0.3 is 125 Å². The zero-order chi connectivity index (χ0) is 98.3. The Labute approximate surface area is 778 Å². The number of nitrogens with two attached hydrogens (primary N) is 2. The van der Waals surface area contributed by atoms with E-state index in [1.165, 1.54) is 80.6 Å². The molecule has 0 unspecified atom stereocenters. The number of H-pyrrole nitrogens is 2. The van der Waals surface area contributed by atoms with E-state index >= 15 is 47.9 Å². The lowest BCUT2D eigenvalue weighted by Crippen LogP contribution is -2.64. The molecule has 135 heavy (non-hydrogen) atoms. The van der Waals surface area contributed by atoms with Crippen molar-refractivity contribution in [2.24, 2.45) is 11.5 Å². The number of aliphatic carboxylic acids is 1. The first-order valence-corrected chi connectivity index (χ1v) is 44.8. The maximum absolute atomic E-state index is 16.0. The van der Waals surface area contributed by atoms with Crippen molar-refractivity contribution in [1.82, 2.24) is 92.5 Å². The molecule has 2 saturated heterocycles. The number of hydrogen-bond acceptors (Lipinski definition) is 22. The van der Waals surface area contributed by atoms with Crippen LogP contribution in [-0.4, -0.2) is 326 Å². The predicted molar refractivity (Wildman–Crippen MR) is 491 cm³/mol. The van der Waals surface area contributed by atoms with Crippen LogP contribution in [0.4, 0.5) is 9.18 Å². The van der Waals surface area contributed by atoms with E-state index in [0.29, 0.717) is 57.1 Å². The Morgan fingerprint density at radius 3 is 1.82 bits per heavy atom. The molecule has 0 aliphatic carbocycles. The maximum atomic E-state index is 16.0. The largest absolute Gasteiger partial charge is 0.508 e. The van der Waals surface area contributed by atoms with E-state index < -0.39 is 219 Å². The van der Waals surface area contributed by atoms with Crippen molar-refractivity contribution < 1.29 is 107 Å². The lowest BCUT2D eigenvalue weighted by molar-refractivity contribution is -0.150. The summed E-state index contributed by atoms with van der Waals surface area (Å²) in [5.74, 6) is -16.1. The summed E-state index contributed by atoms with van der Waals surface area (Å²) in [7, 11) is 4.72. The number of phenols is 2. The fourth-order valence-corrected chi connectivity index (χ4v) is 16.2. The number of carbonyl (C=O) groups is 16. The van der Waals surface area contributed by atoms with E-state index in [-0.39, 0.29) is 120 Å². The standard InChI is InChI=1S/C93H123FN20O21/c1-54(116)81-92(134)112(6)77(91(133)111(5)76(45-58-22-27-61(94)28-23-58)88(130)103-68(82(96)124)20-12-14-39-98-93(135)114-42-40-113(41-43-114)52-80(122)123)51-101-78(120)35-33-69(102-79(121)36-37-95)83(125)104-70(44-57-24-29-62(118)30-25-57)84(126)107-73(53-115)89(131)110(4)75(34-26-56-16-8-7-9-17-56)90(132)109(3)74(21-13-15-38-97-55(2)117)87(129)106-71(47-60-50-100-67-32-31-63(119)48-65(60)67)85(127)105-72(86(128)108-81)46-59-49-99-66-19-11-10-18-64(59)66/h7-11,16-19,22-25,27-32,48-50,54,68-77,81,99-100,115-116,118-119H,12-15,20-21,26,33-47,51-53,95H2,1-6H3,(H2,96,124)(H,97,117)(H,98,135)(H,101,120)(H,102,121)(H,103,130)(H,104,125)(H,105,127)(H,106,129)(H,107,126)(H,108,128)(H,122,123)/t54-,68-,69-,70-,71-,72-,73-,74-,75-,76-,77-,81-/m0/s1. The van der Waals surface area contributed by atoms with Gasteiger partial charge in [0, 0.05) is 160 Å². The summed E-state index contributed by atoms with van der Waals surface area (Å²) in [5, 5.41) is 81.1. The highest BCUT2D eigenvalue weighted by molar-refractivity contribution is 6.01. The molecule has 2 aromatic heterocycles. The van der Waals surface area contributed by atoms with E-state index in [1.54, 1.807) is 71.8 Å². The molecule has 0 saturated carbocycles. The number of aromatic nitrogens is 2. The van der Waals surface area contributed by atoms with Crippen LogP contribution in [0.2, 0.25) is 0 Å². The molecule has 12 atom stereocenters. The number of carboxylic acid groups (broad SMARTS) is 1. The topological polar surface area (TPSA) is 598 Å². The zero-order valence-electron chi connectivity index (χ0n) is 76.3. The van der Waals surface area contributed by atoms with Gasteiger partial charge in [0.2, 0.25) is 82.7 Å². The van der Waals surface area contributed by atoms with Crippen molar-refractivity contribution >= 4 is 117 Å². The van der Waals surface area contributed by atoms with Gasteiger partial charge >= 0.3 is 12.0 Å². The quantitative estimate of drug-likeness (QED) is 0.0215. The summed E-state index contributed by atoms with van der Waals surface area (Å²) < 4.78 is 14.7. The molecule has 2 fully saturated rings. The highest BCUT2D eigenvalue weighted by Gasteiger charge is 2.44. The predicted octanol–water partition coefficient (Wildman–Crippen LogP) is -1.19. The van der Waals surface area contributed by atoms with Gasteiger partial charge in [-0.15, -0.1) is 0 Å². The number of nitrogens with one attached hydrogen (secondary N) is 12. The first-order valence-electron chi connectivity index (χ1n) is 44.8.